The van der Waals surface area contributed by atoms with Crippen molar-refractivity contribution < 1.29 is 8.78 Å². The number of pyridine rings is 1. The van der Waals surface area contributed by atoms with Gasteiger partial charge in [-0.2, -0.15) is 0 Å². The molecular formula is C13H12F2N2. The molecule has 1 unspecified atom stereocenters. The Labute approximate surface area is 98.1 Å². The van der Waals surface area contributed by atoms with Crippen LogP contribution in [-0.2, 0) is 0 Å². The molecule has 17 heavy (non-hydrogen) atoms. The quantitative estimate of drug-likeness (QED) is 0.867. The van der Waals surface area contributed by atoms with Gasteiger partial charge < -0.3 is 5.73 Å². The van der Waals surface area contributed by atoms with Gasteiger partial charge in [-0.05, 0) is 42.8 Å². The molecule has 0 saturated carbocycles. The number of nitrogens with two attached hydrogens (primary N) is 1. The molecule has 0 fully saturated rings. The van der Waals surface area contributed by atoms with Gasteiger partial charge in [-0.1, -0.05) is 0 Å². The van der Waals surface area contributed by atoms with Crippen molar-refractivity contribution in [1.82, 2.24) is 4.98 Å². The first-order valence-electron chi connectivity index (χ1n) is 5.21. The molecule has 0 spiro atoms. The average molecular weight is 234 g/mol. The van der Waals surface area contributed by atoms with Crippen molar-refractivity contribution in [3.8, 4) is 0 Å². The van der Waals surface area contributed by atoms with E-state index in [-0.39, 0.29) is 5.56 Å². The fraction of sp³-hybridized carbons (Fsp3) is 0.154. The molecule has 1 aromatic carbocycles. The van der Waals surface area contributed by atoms with E-state index in [4.69, 9.17) is 5.73 Å². The highest BCUT2D eigenvalue weighted by molar-refractivity contribution is 5.32. The maximum Gasteiger partial charge on any atom is 0.128 e. The standard InChI is InChI=1S/C13H12F2N2/c1-8-6-9(4-5-17-8)13(16)11-7-10(14)2-3-12(11)15/h2-7,13H,16H2,1H3. The molecule has 0 aliphatic rings. The number of halogens is 2. The minimum Gasteiger partial charge on any atom is -0.320 e. The number of rotatable bonds is 2. The second-order valence-electron chi connectivity index (χ2n) is 3.87. The van der Waals surface area contributed by atoms with Crippen LogP contribution in [0, 0.1) is 18.6 Å². The maximum atomic E-state index is 13.5. The Balaban J connectivity index is 2.43. The lowest BCUT2D eigenvalue weighted by atomic mass is 9.99. The summed E-state index contributed by atoms with van der Waals surface area (Å²) in [6, 6.07) is 6.04. The highest BCUT2D eigenvalue weighted by Gasteiger charge is 2.14. The topological polar surface area (TPSA) is 38.9 Å². The lowest BCUT2D eigenvalue weighted by Gasteiger charge is -2.13. The Morgan fingerprint density at radius 3 is 2.65 bits per heavy atom. The van der Waals surface area contributed by atoms with Crippen molar-refractivity contribution in [3.63, 3.8) is 0 Å². The summed E-state index contributed by atoms with van der Waals surface area (Å²) >= 11 is 0. The molecule has 1 atom stereocenters. The monoisotopic (exact) mass is 234 g/mol. The fourth-order valence-corrected chi connectivity index (χ4v) is 1.69. The zero-order chi connectivity index (χ0) is 12.4. The first-order chi connectivity index (χ1) is 8.08. The molecule has 1 heterocycles. The molecule has 0 bridgehead atoms. The van der Waals surface area contributed by atoms with Crippen LogP contribution >= 0.6 is 0 Å². The zero-order valence-electron chi connectivity index (χ0n) is 9.32. The molecular weight excluding hydrogens is 222 g/mol. The lowest BCUT2D eigenvalue weighted by molar-refractivity contribution is 0.576. The molecule has 88 valence electrons. The SMILES string of the molecule is Cc1cc(C(N)c2cc(F)ccc2F)ccn1. The van der Waals surface area contributed by atoms with Crippen LogP contribution < -0.4 is 5.73 Å². The lowest BCUT2D eigenvalue weighted by Crippen LogP contribution is -2.14. The number of hydrogen-bond donors (Lipinski definition) is 1. The van der Waals surface area contributed by atoms with Crippen molar-refractivity contribution in [1.29, 1.82) is 0 Å². The highest BCUT2D eigenvalue weighted by atomic mass is 19.1. The van der Waals surface area contributed by atoms with Crippen LogP contribution in [-0.4, -0.2) is 4.98 Å². The Morgan fingerprint density at radius 1 is 1.18 bits per heavy atom. The van der Waals surface area contributed by atoms with Crippen molar-refractivity contribution in [2.24, 2.45) is 5.73 Å². The van der Waals surface area contributed by atoms with E-state index in [1.807, 2.05) is 6.92 Å². The molecule has 2 N–H and O–H groups in total. The molecule has 0 aliphatic carbocycles. The van der Waals surface area contributed by atoms with E-state index in [0.29, 0.717) is 5.56 Å². The molecule has 1 aromatic heterocycles. The van der Waals surface area contributed by atoms with Gasteiger partial charge in [0.25, 0.3) is 0 Å². The predicted molar refractivity (Wildman–Crippen MR) is 61.4 cm³/mol. The van der Waals surface area contributed by atoms with Crippen molar-refractivity contribution in [2.75, 3.05) is 0 Å². The van der Waals surface area contributed by atoms with E-state index in [1.54, 1.807) is 18.3 Å². The van der Waals surface area contributed by atoms with Crippen LogP contribution in [0.2, 0.25) is 0 Å². The number of benzene rings is 1. The molecule has 0 aliphatic heterocycles. The summed E-state index contributed by atoms with van der Waals surface area (Å²) in [5.74, 6) is -1.00. The third-order valence-corrected chi connectivity index (χ3v) is 2.57. The minimum atomic E-state index is -0.688. The second kappa shape index (κ2) is 4.59. The van der Waals surface area contributed by atoms with Gasteiger partial charge >= 0.3 is 0 Å². The average Bonchev–Trinajstić information content (AvgIpc) is 2.31. The third-order valence-electron chi connectivity index (χ3n) is 2.57. The van der Waals surface area contributed by atoms with Crippen LogP contribution in [0.3, 0.4) is 0 Å². The van der Waals surface area contributed by atoms with Crippen LogP contribution in [0.5, 0.6) is 0 Å². The predicted octanol–water partition coefficient (Wildman–Crippen LogP) is 2.72. The second-order valence-corrected chi connectivity index (χ2v) is 3.87. The first kappa shape index (κ1) is 11.7. The van der Waals surface area contributed by atoms with Gasteiger partial charge in [0.05, 0.1) is 6.04 Å². The first-order valence-corrected chi connectivity index (χ1v) is 5.21. The number of aromatic nitrogens is 1. The Hall–Kier alpha value is -1.81. The van der Waals surface area contributed by atoms with Gasteiger partial charge in [-0.3, -0.25) is 4.98 Å². The van der Waals surface area contributed by atoms with Gasteiger partial charge in [0, 0.05) is 17.5 Å². The molecule has 4 heteroatoms. The number of nitrogens with zero attached hydrogens (tertiary/aromatic N) is 1. The van der Waals surface area contributed by atoms with Crippen LogP contribution in [0.4, 0.5) is 8.78 Å². The largest absolute Gasteiger partial charge is 0.320 e. The maximum absolute atomic E-state index is 13.5. The van der Waals surface area contributed by atoms with E-state index in [2.05, 4.69) is 4.98 Å². The molecule has 2 rings (SSSR count). The van der Waals surface area contributed by atoms with Crippen LogP contribution in [0.25, 0.3) is 0 Å². The van der Waals surface area contributed by atoms with Crippen molar-refractivity contribution in [3.05, 3.63) is 65.0 Å². The minimum absolute atomic E-state index is 0.149. The number of aryl methyl sites for hydroxylation is 1. The highest BCUT2D eigenvalue weighted by Crippen LogP contribution is 2.23. The Bertz CT molecular complexity index is 541. The summed E-state index contributed by atoms with van der Waals surface area (Å²) in [5, 5.41) is 0. The summed E-state index contributed by atoms with van der Waals surface area (Å²) in [6.07, 6.45) is 1.60. The van der Waals surface area contributed by atoms with E-state index in [9.17, 15) is 8.78 Å². The van der Waals surface area contributed by atoms with Gasteiger partial charge in [-0.25, -0.2) is 8.78 Å². The van der Waals surface area contributed by atoms with Gasteiger partial charge in [-0.15, -0.1) is 0 Å². The van der Waals surface area contributed by atoms with Crippen LogP contribution in [0.1, 0.15) is 22.9 Å². The number of hydrogen-bond acceptors (Lipinski definition) is 2. The Morgan fingerprint density at radius 2 is 1.94 bits per heavy atom. The summed E-state index contributed by atoms with van der Waals surface area (Å²) in [6.45, 7) is 1.82. The molecule has 0 amide bonds. The van der Waals surface area contributed by atoms with E-state index < -0.39 is 17.7 Å². The van der Waals surface area contributed by atoms with Crippen LogP contribution in [0.15, 0.2) is 36.5 Å². The van der Waals surface area contributed by atoms with Gasteiger partial charge in [0.1, 0.15) is 11.6 Å². The molecule has 2 nitrogen and oxygen atoms in total. The summed E-state index contributed by atoms with van der Waals surface area (Å²) in [4.78, 5) is 4.03. The van der Waals surface area contributed by atoms with E-state index in [1.165, 1.54) is 0 Å². The normalized spacial score (nSPS) is 12.5. The summed E-state index contributed by atoms with van der Waals surface area (Å²) in [5.41, 5.74) is 7.57. The van der Waals surface area contributed by atoms with E-state index in [0.717, 1.165) is 23.9 Å². The van der Waals surface area contributed by atoms with Crippen molar-refractivity contribution >= 4 is 0 Å². The fourth-order valence-electron chi connectivity index (χ4n) is 1.69. The molecule has 0 radical (unpaired) electrons. The third kappa shape index (κ3) is 2.47. The van der Waals surface area contributed by atoms with Gasteiger partial charge in [0.2, 0.25) is 0 Å². The smallest absolute Gasteiger partial charge is 0.128 e. The molecule has 0 saturated heterocycles. The molecule has 2 aromatic rings. The summed E-state index contributed by atoms with van der Waals surface area (Å²) < 4.78 is 26.6. The zero-order valence-corrected chi connectivity index (χ0v) is 9.32. The van der Waals surface area contributed by atoms with Crippen molar-refractivity contribution in [2.45, 2.75) is 13.0 Å². The Kier molecular flexibility index (Phi) is 3.15. The summed E-state index contributed by atoms with van der Waals surface area (Å²) in [7, 11) is 0. The van der Waals surface area contributed by atoms with Gasteiger partial charge in [0.15, 0.2) is 0 Å². The van der Waals surface area contributed by atoms with E-state index >= 15 is 0 Å².